The molecule has 4 rings (SSSR count). The van der Waals surface area contributed by atoms with E-state index in [0.717, 1.165) is 31.3 Å². The average molecular weight is 412 g/mol. The average Bonchev–Trinajstić information content (AvgIpc) is 3.08. The predicted molar refractivity (Wildman–Crippen MR) is 100 cm³/mol. The molecule has 0 aromatic heterocycles. The lowest BCUT2D eigenvalue weighted by molar-refractivity contribution is -0.309. The second kappa shape index (κ2) is 7.59. The molecule has 8 nitrogen and oxygen atoms in total. The van der Waals surface area contributed by atoms with E-state index in [1.807, 2.05) is 6.08 Å². The molecular weight excluding hydrogens is 380 g/mol. The van der Waals surface area contributed by atoms with Gasteiger partial charge in [-0.25, -0.2) is 4.79 Å². The highest BCUT2D eigenvalue weighted by Crippen LogP contribution is 2.61. The van der Waals surface area contributed by atoms with Gasteiger partial charge in [0.15, 0.2) is 6.29 Å². The van der Waals surface area contributed by atoms with Gasteiger partial charge in [-0.2, -0.15) is 0 Å². The number of aliphatic hydroxyl groups excluding tert-OH is 4. The van der Waals surface area contributed by atoms with Crippen LogP contribution >= 0.6 is 0 Å². The third kappa shape index (κ3) is 3.34. The minimum Gasteiger partial charge on any atom is -0.462 e. The van der Waals surface area contributed by atoms with Crippen molar-refractivity contribution in [3.63, 3.8) is 0 Å². The largest absolute Gasteiger partial charge is 0.462 e. The first kappa shape index (κ1) is 21.2. The first-order valence-electron chi connectivity index (χ1n) is 10.5. The molecule has 0 bridgehead atoms. The fourth-order valence-electron chi connectivity index (χ4n) is 6.13. The van der Waals surface area contributed by atoms with Gasteiger partial charge in [0.05, 0.1) is 19.8 Å². The molecule has 29 heavy (non-hydrogen) atoms. The summed E-state index contributed by atoms with van der Waals surface area (Å²) in [6.07, 6.45) is -0.602. The van der Waals surface area contributed by atoms with E-state index in [4.69, 9.17) is 14.2 Å². The zero-order chi connectivity index (χ0) is 21.0. The Morgan fingerprint density at radius 1 is 1.17 bits per heavy atom. The summed E-state index contributed by atoms with van der Waals surface area (Å²) >= 11 is 0. The highest BCUT2D eigenvalue weighted by Gasteiger charge is 2.57. The molecule has 0 aromatic carbocycles. The number of hydrogen-bond acceptors (Lipinski definition) is 8. The number of ether oxygens (including phenoxy) is 3. The Kier molecular flexibility index (Phi) is 5.55. The van der Waals surface area contributed by atoms with Crippen molar-refractivity contribution in [1.29, 1.82) is 0 Å². The Morgan fingerprint density at radius 3 is 2.66 bits per heavy atom. The lowest BCUT2D eigenvalue weighted by Gasteiger charge is -2.56. The summed E-state index contributed by atoms with van der Waals surface area (Å²) in [6.45, 7) is 4.66. The molecule has 0 aromatic rings. The maximum Gasteiger partial charge on any atom is 0.334 e. The van der Waals surface area contributed by atoms with Crippen LogP contribution in [0, 0.1) is 22.7 Å². The van der Waals surface area contributed by atoms with Crippen LogP contribution in [-0.2, 0) is 19.0 Å². The number of rotatable bonds is 4. The van der Waals surface area contributed by atoms with E-state index < -0.39 is 37.3 Å². The van der Waals surface area contributed by atoms with Gasteiger partial charge < -0.3 is 34.6 Å². The molecule has 2 aliphatic heterocycles. The van der Waals surface area contributed by atoms with Crippen molar-refractivity contribution in [2.24, 2.45) is 22.7 Å². The lowest BCUT2D eigenvalue weighted by atomic mass is 9.48. The number of cyclic esters (lactones) is 1. The number of aliphatic hydroxyl groups is 4. The molecule has 0 spiro atoms. The molecule has 2 heterocycles. The van der Waals surface area contributed by atoms with Crippen molar-refractivity contribution >= 4 is 5.97 Å². The minimum atomic E-state index is -1.45. The van der Waals surface area contributed by atoms with Crippen LogP contribution in [0.4, 0.5) is 0 Å². The summed E-state index contributed by atoms with van der Waals surface area (Å²) in [4.78, 5) is 12.0. The van der Waals surface area contributed by atoms with Crippen LogP contribution in [0.25, 0.3) is 0 Å². The molecule has 9 atom stereocenters. The smallest absolute Gasteiger partial charge is 0.334 e. The Hall–Kier alpha value is -1.03. The summed E-state index contributed by atoms with van der Waals surface area (Å²) in [7, 11) is 0. The Labute approximate surface area is 170 Å². The van der Waals surface area contributed by atoms with Gasteiger partial charge >= 0.3 is 5.97 Å². The van der Waals surface area contributed by atoms with Gasteiger partial charge in [-0.3, -0.25) is 0 Å². The van der Waals surface area contributed by atoms with E-state index in [9.17, 15) is 25.2 Å². The third-order valence-electron chi connectivity index (χ3n) is 7.89. The number of carbonyl (C=O) groups excluding carboxylic acids is 1. The SMILES string of the molecule is C[C@]1(CO[C@@H]2O[C@H](CO)[C@@H](O)[C@H](O)[C@H]2O)CCC[C@]2(C)[C@@H]3COC(=O)C3=CC[C@@H]12. The third-order valence-corrected chi connectivity index (χ3v) is 7.89. The summed E-state index contributed by atoms with van der Waals surface area (Å²) < 4.78 is 16.8. The van der Waals surface area contributed by atoms with Gasteiger partial charge in [0, 0.05) is 11.5 Å². The summed E-state index contributed by atoms with van der Waals surface area (Å²) in [5.74, 6) is 0.178. The van der Waals surface area contributed by atoms with E-state index in [0.29, 0.717) is 13.2 Å². The molecule has 0 amide bonds. The molecule has 164 valence electrons. The fourth-order valence-corrected chi connectivity index (χ4v) is 6.13. The number of esters is 1. The van der Waals surface area contributed by atoms with Crippen LogP contribution in [0.15, 0.2) is 11.6 Å². The number of allylic oxidation sites excluding steroid dienone is 1. The van der Waals surface area contributed by atoms with E-state index in [-0.39, 0.29) is 28.6 Å². The van der Waals surface area contributed by atoms with Crippen LogP contribution in [0.2, 0.25) is 0 Å². The Balaban J connectivity index is 1.50. The van der Waals surface area contributed by atoms with Gasteiger partial charge in [0.25, 0.3) is 0 Å². The van der Waals surface area contributed by atoms with Crippen molar-refractivity contribution in [1.82, 2.24) is 0 Å². The molecule has 4 aliphatic rings. The minimum absolute atomic E-state index is 0.0675. The van der Waals surface area contributed by atoms with E-state index in [1.165, 1.54) is 0 Å². The molecule has 1 saturated carbocycles. The van der Waals surface area contributed by atoms with E-state index >= 15 is 0 Å². The second-order valence-electron chi connectivity index (χ2n) is 9.62. The van der Waals surface area contributed by atoms with Crippen molar-refractivity contribution < 1.29 is 39.4 Å². The zero-order valence-electron chi connectivity index (χ0n) is 17.0. The van der Waals surface area contributed by atoms with Crippen molar-refractivity contribution in [2.45, 2.75) is 70.2 Å². The number of fused-ring (bicyclic) bond motifs is 3. The molecule has 2 saturated heterocycles. The summed E-state index contributed by atoms with van der Waals surface area (Å²) in [5.41, 5.74) is 0.532. The predicted octanol–water partition coefficient (Wildman–Crippen LogP) is 0.119. The molecule has 0 radical (unpaired) electrons. The first-order chi connectivity index (χ1) is 13.7. The first-order valence-corrected chi connectivity index (χ1v) is 10.5. The Morgan fingerprint density at radius 2 is 1.93 bits per heavy atom. The lowest BCUT2D eigenvalue weighted by Crippen LogP contribution is -2.60. The van der Waals surface area contributed by atoms with E-state index in [1.54, 1.807) is 0 Å². The van der Waals surface area contributed by atoms with Crippen molar-refractivity contribution in [2.75, 3.05) is 19.8 Å². The van der Waals surface area contributed by atoms with Gasteiger partial charge in [0.2, 0.25) is 0 Å². The molecule has 0 unspecified atom stereocenters. The van der Waals surface area contributed by atoms with Crippen LogP contribution in [0.5, 0.6) is 0 Å². The highest BCUT2D eigenvalue weighted by molar-refractivity contribution is 5.91. The summed E-state index contributed by atoms with van der Waals surface area (Å²) in [6, 6.07) is 0. The maximum absolute atomic E-state index is 12.0. The van der Waals surface area contributed by atoms with E-state index in [2.05, 4.69) is 13.8 Å². The van der Waals surface area contributed by atoms with Crippen molar-refractivity contribution in [3.8, 4) is 0 Å². The van der Waals surface area contributed by atoms with Gasteiger partial charge in [0.1, 0.15) is 24.4 Å². The van der Waals surface area contributed by atoms with Gasteiger partial charge in [-0.05, 0) is 36.0 Å². The monoisotopic (exact) mass is 412 g/mol. The molecule has 3 fully saturated rings. The topological polar surface area (TPSA) is 126 Å². The quantitative estimate of drug-likeness (QED) is 0.480. The fraction of sp³-hybridized carbons (Fsp3) is 0.857. The van der Waals surface area contributed by atoms with Crippen LogP contribution < -0.4 is 0 Å². The molecule has 8 heteroatoms. The van der Waals surface area contributed by atoms with Gasteiger partial charge in [-0.15, -0.1) is 0 Å². The molecule has 4 N–H and O–H groups in total. The standard InChI is InChI=1S/C21H32O8/c1-20(10-28-19-17(25)16(24)15(23)13(8-22)29-19)6-3-7-21(2)12-9-27-18(26)11(12)4-5-14(20)21/h4,12-17,19,22-25H,3,5-10H2,1-2H3/t12-,13-,14+,15-,16+,17-,19-,20-,21-/m1/s1. The second-order valence-corrected chi connectivity index (χ2v) is 9.62. The number of hydrogen-bond donors (Lipinski definition) is 4. The molecular formula is C21H32O8. The highest BCUT2D eigenvalue weighted by atomic mass is 16.7. The normalized spacial score (nSPS) is 49.8. The van der Waals surface area contributed by atoms with Crippen molar-refractivity contribution in [3.05, 3.63) is 11.6 Å². The van der Waals surface area contributed by atoms with Gasteiger partial charge in [-0.1, -0.05) is 26.3 Å². The van der Waals surface area contributed by atoms with Crippen LogP contribution in [0.3, 0.4) is 0 Å². The maximum atomic E-state index is 12.0. The van der Waals surface area contributed by atoms with Crippen LogP contribution in [0.1, 0.15) is 39.5 Å². The zero-order valence-corrected chi connectivity index (χ0v) is 17.0. The van der Waals surface area contributed by atoms with Crippen LogP contribution in [-0.4, -0.2) is 76.9 Å². The number of carbonyl (C=O) groups is 1. The summed E-state index contributed by atoms with van der Waals surface area (Å²) in [5, 5.41) is 39.6. The molecule has 2 aliphatic carbocycles. The Bertz CT molecular complexity index is 678.